The number of nitrogens with zero attached hydrogens (tertiary/aromatic N) is 3. The summed E-state index contributed by atoms with van der Waals surface area (Å²) in [5, 5.41) is 1.92. The number of hydrogen-bond acceptors (Lipinski definition) is 5. The van der Waals surface area contributed by atoms with Crippen LogP contribution in [0.2, 0.25) is 0 Å². The van der Waals surface area contributed by atoms with E-state index in [0.717, 1.165) is 15.8 Å². The van der Waals surface area contributed by atoms with Crippen molar-refractivity contribution >= 4 is 34.9 Å². The van der Waals surface area contributed by atoms with E-state index in [1.807, 2.05) is 17.5 Å². The van der Waals surface area contributed by atoms with Crippen LogP contribution in [0.5, 0.6) is 0 Å². The molecule has 2 atom stereocenters. The molecule has 0 saturated carbocycles. The van der Waals surface area contributed by atoms with E-state index in [1.54, 1.807) is 4.90 Å². The molecule has 29 heavy (non-hydrogen) atoms. The van der Waals surface area contributed by atoms with Crippen LogP contribution in [0.1, 0.15) is 11.3 Å². The molecule has 2 fully saturated rings. The van der Waals surface area contributed by atoms with Gasteiger partial charge in [0.25, 0.3) is 5.91 Å². The van der Waals surface area contributed by atoms with Gasteiger partial charge in [0, 0.05) is 18.5 Å². The molecule has 152 valence electrons. The second kappa shape index (κ2) is 7.92. The Balaban J connectivity index is 1.73. The van der Waals surface area contributed by atoms with Gasteiger partial charge in [-0.05, 0) is 36.1 Å². The van der Waals surface area contributed by atoms with Gasteiger partial charge >= 0.3 is 6.03 Å². The number of carbonyl (C=O) groups is 3. The fraction of sp³-hybridized carbons (Fsp3) is 0.350. The molecule has 1 aromatic carbocycles. The number of benzene rings is 1. The van der Waals surface area contributed by atoms with E-state index in [-0.39, 0.29) is 18.2 Å². The van der Waals surface area contributed by atoms with Gasteiger partial charge < -0.3 is 14.5 Å². The number of ether oxygens (including phenoxy) is 1. The summed E-state index contributed by atoms with van der Waals surface area (Å²) >= 11 is 1.51. The average molecular weight is 417 g/mol. The Labute approximate surface area is 171 Å². The summed E-state index contributed by atoms with van der Waals surface area (Å²) in [6.07, 6.45) is 0.500. The summed E-state index contributed by atoms with van der Waals surface area (Å²) in [5.41, 5.74) is 0.153. The zero-order valence-electron chi connectivity index (χ0n) is 15.8. The van der Waals surface area contributed by atoms with Crippen LogP contribution in [0.4, 0.5) is 14.9 Å². The predicted octanol–water partition coefficient (Wildman–Crippen LogP) is 2.47. The summed E-state index contributed by atoms with van der Waals surface area (Å²) in [6.45, 7) is 0.535. The van der Waals surface area contributed by atoms with E-state index < -0.39 is 29.8 Å². The minimum atomic E-state index is -0.821. The Morgan fingerprint density at radius 1 is 1.28 bits per heavy atom. The second-order valence-electron chi connectivity index (χ2n) is 6.96. The van der Waals surface area contributed by atoms with Gasteiger partial charge in [-0.2, -0.15) is 0 Å². The van der Waals surface area contributed by atoms with Crippen LogP contribution in [-0.2, 0) is 20.9 Å². The zero-order valence-corrected chi connectivity index (χ0v) is 16.6. The van der Waals surface area contributed by atoms with Gasteiger partial charge in [-0.1, -0.05) is 12.1 Å². The molecule has 4 rings (SSSR count). The van der Waals surface area contributed by atoms with Crippen molar-refractivity contribution in [1.82, 2.24) is 9.80 Å². The Bertz CT molecular complexity index is 936. The smallest absolute Gasteiger partial charge is 0.332 e. The number of imide groups is 1. The molecule has 0 aliphatic carbocycles. The van der Waals surface area contributed by atoms with E-state index in [1.165, 1.54) is 41.5 Å². The van der Waals surface area contributed by atoms with Crippen molar-refractivity contribution in [3.63, 3.8) is 0 Å². The van der Waals surface area contributed by atoms with Gasteiger partial charge in [0.15, 0.2) is 0 Å². The van der Waals surface area contributed by atoms with Gasteiger partial charge in [0.1, 0.15) is 18.5 Å². The summed E-state index contributed by atoms with van der Waals surface area (Å²) in [6, 6.07) is 7.41. The Hall–Kier alpha value is -2.78. The molecule has 0 spiro atoms. The molecule has 2 aromatic rings. The van der Waals surface area contributed by atoms with Gasteiger partial charge in [-0.3, -0.25) is 9.59 Å². The van der Waals surface area contributed by atoms with Crippen molar-refractivity contribution in [2.75, 3.05) is 25.2 Å². The first-order chi connectivity index (χ1) is 14.0. The van der Waals surface area contributed by atoms with Gasteiger partial charge in [0.05, 0.1) is 18.3 Å². The van der Waals surface area contributed by atoms with Crippen molar-refractivity contribution < 1.29 is 23.5 Å². The molecular formula is C20H20FN3O4S. The van der Waals surface area contributed by atoms with Crippen LogP contribution in [0.15, 0.2) is 41.8 Å². The van der Waals surface area contributed by atoms with Crippen molar-refractivity contribution in [1.29, 1.82) is 0 Å². The van der Waals surface area contributed by atoms with Crippen LogP contribution < -0.4 is 4.90 Å². The highest BCUT2D eigenvalue weighted by Crippen LogP contribution is 2.34. The van der Waals surface area contributed by atoms with Crippen molar-refractivity contribution in [2.24, 2.45) is 0 Å². The van der Waals surface area contributed by atoms with Crippen LogP contribution in [0.25, 0.3) is 0 Å². The second-order valence-corrected chi connectivity index (χ2v) is 8.00. The summed E-state index contributed by atoms with van der Waals surface area (Å²) in [7, 11) is 1.42. The lowest BCUT2D eigenvalue weighted by molar-refractivity contribution is -0.141. The molecular weight excluding hydrogens is 397 g/mol. The van der Waals surface area contributed by atoms with E-state index in [4.69, 9.17) is 4.74 Å². The molecule has 9 heteroatoms. The monoisotopic (exact) mass is 417 g/mol. The fourth-order valence-electron chi connectivity index (χ4n) is 3.99. The topological polar surface area (TPSA) is 70.2 Å². The minimum Gasteiger partial charge on any atom is -0.375 e. The van der Waals surface area contributed by atoms with E-state index in [2.05, 4.69) is 0 Å². The standard InChI is InChI=1S/C20H20FN3O4S/c1-28-12-17(25)22-8-7-16-18(22)19(26)24(14-5-2-4-13(21)10-14)20(27)23(16)11-15-6-3-9-29-15/h2-6,9-10,16,18H,7-8,11-12H2,1H3. The largest absolute Gasteiger partial charge is 0.375 e. The molecule has 7 nitrogen and oxygen atoms in total. The van der Waals surface area contributed by atoms with Crippen molar-refractivity contribution in [2.45, 2.75) is 25.0 Å². The molecule has 3 heterocycles. The third-order valence-corrected chi connectivity index (χ3v) is 6.10. The number of likely N-dealkylation sites (tertiary alicyclic amines) is 1. The Morgan fingerprint density at radius 2 is 2.10 bits per heavy atom. The maximum atomic E-state index is 13.8. The van der Waals surface area contributed by atoms with Crippen LogP contribution >= 0.6 is 11.3 Å². The molecule has 2 aliphatic heterocycles. The molecule has 2 unspecified atom stereocenters. The summed E-state index contributed by atoms with van der Waals surface area (Å²) in [4.78, 5) is 44.2. The highest BCUT2D eigenvalue weighted by molar-refractivity contribution is 7.09. The maximum absolute atomic E-state index is 13.8. The van der Waals surface area contributed by atoms with Crippen molar-refractivity contribution in [3.05, 3.63) is 52.5 Å². The Morgan fingerprint density at radius 3 is 2.79 bits per heavy atom. The van der Waals surface area contributed by atoms with E-state index in [9.17, 15) is 18.8 Å². The number of rotatable bonds is 5. The minimum absolute atomic E-state index is 0.144. The maximum Gasteiger partial charge on any atom is 0.332 e. The summed E-state index contributed by atoms with van der Waals surface area (Å²) < 4.78 is 18.8. The lowest BCUT2D eigenvalue weighted by Gasteiger charge is -2.43. The number of anilines is 1. The van der Waals surface area contributed by atoms with Gasteiger partial charge in [0.2, 0.25) is 5.91 Å². The molecule has 2 aliphatic rings. The average Bonchev–Trinajstić information content (AvgIpc) is 3.35. The first kappa shape index (κ1) is 19.5. The molecule has 1 aromatic heterocycles. The van der Waals surface area contributed by atoms with Crippen molar-refractivity contribution in [3.8, 4) is 0 Å². The number of thiophene rings is 1. The quantitative estimate of drug-likeness (QED) is 0.750. The Kier molecular flexibility index (Phi) is 5.33. The van der Waals surface area contributed by atoms with Gasteiger partial charge in [-0.15, -0.1) is 11.3 Å². The molecule has 4 amide bonds. The molecule has 0 N–H and O–H groups in total. The molecule has 0 radical (unpaired) electrons. The first-order valence-corrected chi connectivity index (χ1v) is 10.1. The number of carbonyl (C=O) groups excluding carboxylic acids is 3. The normalized spacial score (nSPS) is 21.7. The number of halogens is 1. The van der Waals surface area contributed by atoms with Crippen LogP contribution in [-0.4, -0.2) is 60.0 Å². The lowest BCUT2D eigenvalue weighted by Crippen LogP contribution is -2.66. The lowest BCUT2D eigenvalue weighted by atomic mass is 10.0. The van der Waals surface area contributed by atoms with Crippen LogP contribution in [0, 0.1) is 5.82 Å². The highest BCUT2D eigenvalue weighted by Gasteiger charge is 2.53. The molecule has 2 saturated heterocycles. The van der Waals surface area contributed by atoms with E-state index in [0.29, 0.717) is 19.5 Å². The number of amides is 4. The first-order valence-electron chi connectivity index (χ1n) is 9.22. The number of hydrogen-bond donors (Lipinski definition) is 0. The zero-order chi connectivity index (χ0) is 20.5. The molecule has 0 bridgehead atoms. The van der Waals surface area contributed by atoms with E-state index >= 15 is 0 Å². The van der Waals surface area contributed by atoms with Crippen LogP contribution in [0.3, 0.4) is 0 Å². The predicted molar refractivity (Wildman–Crippen MR) is 105 cm³/mol. The third-order valence-electron chi connectivity index (χ3n) is 5.24. The fourth-order valence-corrected chi connectivity index (χ4v) is 4.69. The third kappa shape index (κ3) is 3.51. The highest BCUT2D eigenvalue weighted by atomic mass is 32.1. The SMILES string of the molecule is COCC(=O)N1CCC2C1C(=O)N(c1cccc(F)c1)C(=O)N2Cc1cccs1. The number of fused-ring (bicyclic) bond motifs is 1. The number of methoxy groups -OCH3 is 1. The van der Waals surface area contributed by atoms with Gasteiger partial charge in [-0.25, -0.2) is 14.1 Å². The number of urea groups is 1. The summed E-state index contributed by atoms with van der Waals surface area (Å²) in [5.74, 6) is -1.37.